The van der Waals surface area contributed by atoms with Crippen LogP contribution in [0.2, 0.25) is 0 Å². The van der Waals surface area contributed by atoms with E-state index >= 15 is 0 Å². The quantitative estimate of drug-likeness (QED) is 0.774. The molecule has 4 rings (SSSR count). The number of aromatic nitrogens is 2. The molecule has 0 fully saturated rings. The minimum atomic E-state index is -0.0867. The maximum Gasteiger partial charge on any atom is 0.272 e. The van der Waals surface area contributed by atoms with Gasteiger partial charge in [0.15, 0.2) is 5.69 Å². The summed E-state index contributed by atoms with van der Waals surface area (Å²) in [5.41, 5.74) is 5.32. The van der Waals surface area contributed by atoms with Crippen molar-refractivity contribution >= 4 is 24.0 Å². The molecular weight excluding hydrogens is 338 g/mol. The van der Waals surface area contributed by atoms with Gasteiger partial charge in [-0.3, -0.25) is 9.89 Å². The molecule has 0 saturated heterocycles. The lowest BCUT2D eigenvalue weighted by molar-refractivity contribution is 0.0948. The van der Waals surface area contributed by atoms with Crippen molar-refractivity contribution in [3.8, 4) is 0 Å². The molecule has 1 unspecified atom stereocenters. The van der Waals surface area contributed by atoms with Gasteiger partial charge in [-0.15, -0.1) is 12.4 Å². The Kier molecular flexibility index (Phi) is 5.30. The zero-order valence-corrected chi connectivity index (χ0v) is 15.2. The van der Waals surface area contributed by atoms with Gasteiger partial charge >= 0.3 is 0 Å². The van der Waals surface area contributed by atoms with Gasteiger partial charge in [0.2, 0.25) is 0 Å². The van der Waals surface area contributed by atoms with Gasteiger partial charge in [-0.1, -0.05) is 18.2 Å². The summed E-state index contributed by atoms with van der Waals surface area (Å²) in [4.78, 5) is 14.8. The van der Waals surface area contributed by atoms with Crippen LogP contribution in [0.5, 0.6) is 0 Å². The van der Waals surface area contributed by atoms with Crippen LogP contribution in [0.15, 0.2) is 24.3 Å². The third-order valence-electron chi connectivity index (χ3n) is 5.01. The minimum absolute atomic E-state index is 0. The Morgan fingerprint density at radius 2 is 2.24 bits per heavy atom. The fourth-order valence-corrected chi connectivity index (χ4v) is 3.76. The van der Waals surface area contributed by atoms with E-state index in [0.717, 1.165) is 37.2 Å². The first-order valence-electron chi connectivity index (χ1n) is 8.63. The first-order chi connectivity index (χ1) is 11.7. The van der Waals surface area contributed by atoms with Crippen LogP contribution in [-0.2, 0) is 19.4 Å². The Labute approximate surface area is 153 Å². The molecule has 0 radical (unpaired) electrons. The van der Waals surface area contributed by atoms with Crippen LogP contribution in [0.4, 0.5) is 5.69 Å². The standard InChI is InChI=1S/C18H23N5O.ClH/c1-12-10-13-4-2-3-5-16(13)23(12)9-8-20-18(24)17-14-11-19-7-6-15(14)21-22-17;/h2-5,12,19H,6-11H2,1H3,(H,20,24)(H,21,22);1H. The zero-order chi connectivity index (χ0) is 16.5. The number of benzene rings is 1. The van der Waals surface area contributed by atoms with Crippen LogP contribution in [0.25, 0.3) is 0 Å². The lowest BCUT2D eigenvalue weighted by Crippen LogP contribution is -2.38. The third-order valence-corrected chi connectivity index (χ3v) is 5.01. The predicted octanol–water partition coefficient (Wildman–Crippen LogP) is 1.66. The van der Waals surface area contributed by atoms with Crippen LogP contribution in [0, 0.1) is 0 Å². The minimum Gasteiger partial charge on any atom is -0.367 e. The fraction of sp³-hybridized carbons (Fsp3) is 0.444. The topological polar surface area (TPSA) is 73.0 Å². The van der Waals surface area contributed by atoms with Crippen molar-refractivity contribution in [3.63, 3.8) is 0 Å². The van der Waals surface area contributed by atoms with E-state index in [1.807, 2.05) is 0 Å². The van der Waals surface area contributed by atoms with E-state index < -0.39 is 0 Å². The van der Waals surface area contributed by atoms with Gasteiger partial charge in [0.1, 0.15) is 0 Å². The number of fused-ring (bicyclic) bond motifs is 2. The summed E-state index contributed by atoms with van der Waals surface area (Å²) in [6.07, 6.45) is 1.97. The molecule has 1 aromatic heterocycles. The highest BCUT2D eigenvalue weighted by atomic mass is 35.5. The van der Waals surface area contributed by atoms with Gasteiger partial charge in [-0.25, -0.2) is 0 Å². The average molecular weight is 362 g/mol. The number of H-pyrrole nitrogens is 1. The van der Waals surface area contributed by atoms with Gasteiger partial charge < -0.3 is 15.5 Å². The maximum atomic E-state index is 12.4. The molecule has 1 atom stereocenters. The number of carbonyl (C=O) groups is 1. The highest BCUT2D eigenvalue weighted by Gasteiger charge is 2.25. The van der Waals surface area contributed by atoms with Gasteiger partial charge in [-0.05, 0) is 25.0 Å². The Morgan fingerprint density at radius 3 is 3.12 bits per heavy atom. The van der Waals surface area contributed by atoms with E-state index in [0.29, 0.717) is 24.8 Å². The van der Waals surface area contributed by atoms with Gasteiger partial charge in [0.25, 0.3) is 5.91 Å². The number of halogens is 1. The lowest BCUT2D eigenvalue weighted by Gasteiger charge is -2.25. The second kappa shape index (κ2) is 7.45. The smallest absolute Gasteiger partial charge is 0.272 e. The number of amides is 1. The summed E-state index contributed by atoms with van der Waals surface area (Å²) in [5, 5.41) is 13.5. The largest absolute Gasteiger partial charge is 0.367 e. The van der Waals surface area contributed by atoms with E-state index in [1.54, 1.807) is 0 Å². The summed E-state index contributed by atoms with van der Waals surface area (Å²) in [6.45, 7) is 5.31. The van der Waals surface area contributed by atoms with Crippen LogP contribution < -0.4 is 15.5 Å². The van der Waals surface area contributed by atoms with Crippen LogP contribution in [0.3, 0.4) is 0 Å². The molecule has 2 aliphatic rings. The summed E-state index contributed by atoms with van der Waals surface area (Å²) < 4.78 is 0. The van der Waals surface area contributed by atoms with Gasteiger partial charge in [0, 0.05) is 55.6 Å². The molecule has 0 spiro atoms. The first-order valence-corrected chi connectivity index (χ1v) is 8.63. The summed E-state index contributed by atoms with van der Waals surface area (Å²) in [7, 11) is 0. The van der Waals surface area contributed by atoms with Crippen molar-refractivity contribution in [1.29, 1.82) is 0 Å². The number of carbonyl (C=O) groups excluding carboxylic acids is 1. The molecule has 3 heterocycles. The van der Waals surface area contributed by atoms with Crippen molar-refractivity contribution in [2.75, 3.05) is 24.5 Å². The molecule has 25 heavy (non-hydrogen) atoms. The molecule has 0 aliphatic carbocycles. The number of hydrogen-bond acceptors (Lipinski definition) is 4. The highest BCUT2D eigenvalue weighted by molar-refractivity contribution is 5.94. The molecular formula is C18H24ClN5O. The third kappa shape index (κ3) is 3.37. The fourth-order valence-electron chi connectivity index (χ4n) is 3.76. The van der Waals surface area contributed by atoms with Gasteiger partial charge in [0.05, 0.1) is 0 Å². The number of anilines is 1. The van der Waals surface area contributed by atoms with E-state index in [9.17, 15) is 4.79 Å². The van der Waals surface area contributed by atoms with E-state index in [4.69, 9.17) is 0 Å². The molecule has 2 aromatic rings. The Balaban J connectivity index is 0.00000182. The van der Waals surface area contributed by atoms with Crippen LogP contribution in [0.1, 0.15) is 34.2 Å². The Bertz CT molecular complexity index is 760. The summed E-state index contributed by atoms with van der Waals surface area (Å²) >= 11 is 0. The van der Waals surface area contributed by atoms with Crippen molar-refractivity contribution < 1.29 is 4.79 Å². The number of rotatable bonds is 4. The Hall–Kier alpha value is -2.05. The zero-order valence-electron chi connectivity index (χ0n) is 14.3. The van der Waals surface area contributed by atoms with Crippen molar-refractivity contribution in [2.45, 2.75) is 32.4 Å². The first kappa shape index (κ1) is 17.8. The van der Waals surface area contributed by atoms with Crippen molar-refractivity contribution in [2.24, 2.45) is 0 Å². The molecule has 0 bridgehead atoms. The molecule has 1 aromatic carbocycles. The number of aromatic amines is 1. The number of para-hydroxylation sites is 1. The predicted molar refractivity (Wildman–Crippen MR) is 101 cm³/mol. The van der Waals surface area contributed by atoms with Crippen molar-refractivity contribution in [3.05, 3.63) is 46.8 Å². The number of hydrogen-bond donors (Lipinski definition) is 3. The summed E-state index contributed by atoms with van der Waals surface area (Å²) in [6, 6.07) is 8.99. The molecule has 6 nitrogen and oxygen atoms in total. The van der Waals surface area contributed by atoms with E-state index in [2.05, 4.69) is 56.9 Å². The molecule has 1 amide bonds. The number of nitrogens with zero attached hydrogens (tertiary/aromatic N) is 2. The molecule has 2 aliphatic heterocycles. The summed E-state index contributed by atoms with van der Waals surface area (Å²) in [5.74, 6) is -0.0867. The molecule has 7 heteroatoms. The molecule has 0 saturated carbocycles. The normalized spacial score (nSPS) is 18.3. The van der Waals surface area contributed by atoms with Crippen LogP contribution in [-0.4, -0.2) is 41.8 Å². The SMILES string of the molecule is CC1Cc2ccccc2N1CCNC(=O)c1n[nH]c2c1CNCC2.Cl. The Morgan fingerprint density at radius 1 is 1.40 bits per heavy atom. The second-order valence-corrected chi connectivity index (χ2v) is 6.59. The van der Waals surface area contributed by atoms with Crippen LogP contribution >= 0.6 is 12.4 Å². The average Bonchev–Trinajstić information content (AvgIpc) is 3.16. The van der Waals surface area contributed by atoms with E-state index in [1.165, 1.54) is 11.3 Å². The lowest BCUT2D eigenvalue weighted by atomic mass is 10.1. The monoisotopic (exact) mass is 361 g/mol. The highest BCUT2D eigenvalue weighted by Crippen LogP contribution is 2.31. The van der Waals surface area contributed by atoms with Crippen molar-refractivity contribution in [1.82, 2.24) is 20.8 Å². The maximum absolute atomic E-state index is 12.4. The second-order valence-electron chi connectivity index (χ2n) is 6.59. The number of nitrogens with one attached hydrogen (secondary N) is 3. The van der Waals surface area contributed by atoms with E-state index in [-0.39, 0.29) is 18.3 Å². The molecule has 3 N–H and O–H groups in total. The molecule has 134 valence electrons. The van der Waals surface area contributed by atoms with Gasteiger partial charge in [-0.2, -0.15) is 5.10 Å².